The Morgan fingerprint density at radius 3 is 2.95 bits per heavy atom. The van der Waals surface area contributed by atoms with Crippen LogP contribution in [0.1, 0.15) is 37.3 Å². The first-order chi connectivity index (χ1) is 10.6. The zero-order valence-corrected chi connectivity index (χ0v) is 13.0. The van der Waals surface area contributed by atoms with Crippen molar-refractivity contribution in [3.05, 3.63) is 29.8 Å². The van der Waals surface area contributed by atoms with Gasteiger partial charge in [0.25, 0.3) is 0 Å². The van der Waals surface area contributed by atoms with Crippen LogP contribution in [0.2, 0.25) is 0 Å². The van der Waals surface area contributed by atoms with Crippen molar-refractivity contribution in [2.45, 2.75) is 37.8 Å². The van der Waals surface area contributed by atoms with Gasteiger partial charge in [-0.2, -0.15) is 0 Å². The fourth-order valence-electron chi connectivity index (χ4n) is 3.42. The summed E-state index contributed by atoms with van der Waals surface area (Å²) >= 11 is 0. The van der Waals surface area contributed by atoms with Crippen molar-refractivity contribution >= 4 is 6.03 Å². The van der Waals surface area contributed by atoms with Gasteiger partial charge in [-0.1, -0.05) is 24.6 Å². The van der Waals surface area contributed by atoms with Crippen LogP contribution in [0.5, 0.6) is 5.75 Å². The molecule has 2 aliphatic rings. The Balaban J connectivity index is 1.60. The molecule has 1 aliphatic heterocycles. The molecule has 1 heterocycles. The summed E-state index contributed by atoms with van der Waals surface area (Å²) in [5.74, 6) is 1.06. The summed E-state index contributed by atoms with van der Waals surface area (Å²) in [6.07, 6.45) is 3.42. The van der Waals surface area contributed by atoms with E-state index >= 15 is 0 Å². The highest BCUT2D eigenvalue weighted by atomic mass is 16.5. The quantitative estimate of drug-likeness (QED) is 0.901. The lowest BCUT2D eigenvalue weighted by Gasteiger charge is -2.30. The molecule has 1 fully saturated rings. The van der Waals surface area contributed by atoms with Crippen LogP contribution < -0.4 is 10.1 Å². The number of aliphatic hydroxyl groups excluding tert-OH is 1. The highest BCUT2D eigenvalue weighted by Gasteiger charge is 2.29. The van der Waals surface area contributed by atoms with E-state index in [9.17, 15) is 9.90 Å². The van der Waals surface area contributed by atoms with Crippen molar-refractivity contribution in [3.63, 3.8) is 0 Å². The molecule has 0 aromatic heterocycles. The summed E-state index contributed by atoms with van der Waals surface area (Å²) < 4.78 is 5.62. The minimum atomic E-state index is -0.265. The van der Waals surface area contributed by atoms with Gasteiger partial charge >= 0.3 is 6.03 Å². The van der Waals surface area contributed by atoms with Gasteiger partial charge in [-0.15, -0.1) is 0 Å². The summed E-state index contributed by atoms with van der Waals surface area (Å²) in [5.41, 5.74) is 1.04. The van der Waals surface area contributed by atoms with Crippen LogP contribution in [0.3, 0.4) is 0 Å². The fraction of sp³-hybridized carbons (Fsp3) is 0.588. The molecule has 120 valence electrons. The largest absolute Gasteiger partial charge is 0.493 e. The number of aliphatic hydroxyl groups is 1. The molecule has 22 heavy (non-hydrogen) atoms. The number of nitrogens with one attached hydrogen (secondary N) is 1. The van der Waals surface area contributed by atoms with Crippen molar-refractivity contribution in [1.29, 1.82) is 0 Å². The van der Waals surface area contributed by atoms with Gasteiger partial charge in [0.2, 0.25) is 0 Å². The molecule has 0 radical (unpaired) electrons. The molecule has 1 aliphatic carbocycles. The Hall–Kier alpha value is -1.75. The maximum absolute atomic E-state index is 12.4. The predicted molar refractivity (Wildman–Crippen MR) is 83.8 cm³/mol. The van der Waals surface area contributed by atoms with E-state index in [1.54, 1.807) is 11.9 Å². The number of benzene rings is 1. The molecule has 0 spiro atoms. The molecule has 0 bridgehead atoms. The van der Waals surface area contributed by atoms with Crippen molar-refractivity contribution in [2.75, 3.05) is 20.2 Å². The lowest BCUT2D eigenvalue weighted by atomic mass is 10.0. The number of carbonyl (C=O) groups excluding carboxylic acids is 1. The van der Waals surface area contributed by atoms with Crippen LogP contribution in [0, 0.1) is 5.92 Å². The standard InChI is InChI=1S/C17H24N2O3/c1-19(11-12-5-4-7-15(12)20)17(21)18-14-9-10-22-16-8-3-2-6-13(14)16/h2-3,6,8,12,14-15,20H,4-5,7,9-11H2,1H3,(H,18,21). The zero-order chi connectivity index (χ0) is 15.5. The highest BCUT2D eigenvalue weighted by Crippen LogP contribution is 2.31. The van der Waals surface area contributed by atoms with Gasteiger partial charge in [-0.3, -0.25) is 0 Å². The van der Waals surface area contributed by atoms with Gasteiger partial charge in [0.05, 0.1) is 18.8 Å². The van der Waals surface area contributed by atoms with Gasteiger partial charge in [-0.25, -0.2) is 4.79 Å². The normalized spacial score (nSPS) is 26.9. The predicted octanol–water partition coefficient (Wildman–Crippen LogP) is 2.31. The van der Waals surface area contributed by atoms with Crippen molar-refractivity contribution in [2.24, 2.45) is 5.92 Å². The van der Waals surface area contributed by atoms with Crippen LogP contribution in [0.15, 0.2) is 24.3 Å². The SMILES string of the molecule is CN(CC1CCCC1O)C(=O)NC1CCOc2ccccc21. The van der Waals surface area contributed by atoms with Crippen LogP contribution in [0.25, 0.3) is 0 Å². The fourth-order valence-corrected chi connectivity index (χ4v) is 3.42. The van der Waals surface area contributed by atoms with Crippen LogP contribution in [-0.4, -0.2) is 42.3 Å². The molecule has 2 amide bonds. The number of ether oxygens (including phenoxy) is 1. The smallest absolute Gasteiger partial charge is 0.317 e. The van der Waals surface area contributed by atoms with Gasteiger partial charge < -0.3 is 20.1 Å². The second kappa shape index (κ2) is 6.57. The monoisotopic (exact) mass is 304 g/mol. The van der Waals surface area contributed by atoms with E-state index in [-0.39, 0.29) is 24.1 Å². The van der Waals surface area contributed by atoms with Crippen molar-refractivity contribution in [1.82, 2.24) is 10.2 Å². The molecule has 3 atom stereocenters. The molecule has 1 saturated carbocycles. The minimum absolute atomic E-state index is 0.00611. The third kappa shape index (κ3) is 3.19. The molecule has 1 aromatic rings. The summed E-state index contributed by atoms with van der Waals surface area (Å²) in [5, 5.41) is 13.0. The minimum Gasteiger partial charge on any atom is -0.493 e. The molecular weight excluding hydrogens is 280 g/mol. The summed E-state index contributed by atoms with van der Waals surface area (Å²) in [6.45, 7) is 1.23. The van der Waals surface area contributed by atoms with E-state index in [0.29, 0.717) is 13.2 Å². The molecular formula is C17H24N2O3. The molecule has 5 heteroatoms. The van der Waals surface area contributed by atoms with E-state index in [1.165, 1.54) is 0 Å². The van der Waals surface area contributed by atoms with Crippen molar-refractivity contribution < 1.29 is 14.6 Å². The number of amides is 2. The first kappa shape index (κ1) is 15.2. The lowest BCUT2D eigenvalue weighted by Crippen LogP contribution is -2.43. The Kier molecular flexibility index (Phi) is 4.52. The number of nitrogens with zero attached hydrogens (tertiary/aromatic N) is 1. The second-order valence-electron chi connectivity index (χ2n) is 6.32. The van der Waals surface area contributed by atoms with E-state index < -0.39 is 0 Å². The third-order valence-corrected chi connectivity index (χ3v) is 4.73. The van der Waals surface area contributed by atoms with Gasteiger partial charge in [0.15, 0.2) is 0 Å². The zero-order valence-electron chi connectivity index (χ0n) is 13.0. The average molecular weight is 304 g/mol. The first-order valence-electron chi connectivity index (χ1n) is 8.06. The van der Waals surface area contributed by atoms with E-state index in [4.69, 9.17) is 4.74 Å². The molecule has 3 unspecified atom stereocenters. The number of fused-ring (bicyclic) bond motifs is 1. The number of rotatable bonds is 3. The second-order valence-corrected chi connectivity index (χ2v) is 6.32. The Morgan fingerprint density at radius 2 is 2.18 bits per heavy atom. The van der Waals surface area contributed by atoms with Crippen LogP contribution >= 0.6 is 0 Å². The maximum Gasteiger partial charge on any atom is 0.317 e. The molecule has 1 aromatic carbocycles. The van der Waals surface area contributed by atoms with Crippen LogP contribution in [0.4, 0.5) is 4.79 Å². The number of carbonyl (C=O) groups is 1. The van der Waals surface area contributed by atoms with Crippen LogP contribution in [-0.2, 0) is 0 Å². The third-order valence-electron chi connectivity index (χ3n) is 4.73. The Morgan fingerprint density at radius 1 is 1.36 bits per heavy atom. The first-order valence-corrected chi connectivity index (χ1v) is 8.06. The van der Waals surface area contributed by atoms with E-state index in [0.717, 1.165) is 37.0 Å². The average Bonchev–Trinajstić information content (AvgIpc) is 2.93. The number of para-hydroxylation sites is 1. The topological polar surface area (TPSA) is 61.8 Å². The van der Waals surface area contributed by atoms with Gasteiger partial charge in [0, 0.05) is 31.5 Å². The molecule has 5 nitrogen and oxygen atoms in total. The van der Waals surface area contributed by atoms with E-state index in [1.807, 2.05) is 24.3 Å². The number of urea groups is 1. The Labute approximate surface area is 131 Å². The van der Waals surface area contributed by atoms with Gasteiger partial charge in [-0.05, 0) is 18.9 Å². The summed E-state index contributed by atoms with van der Waals surface area (Å²) in [7, 11) is 1.80. The molecule has 2 N–H and O–H groups in total. The summed E-state index contributed by atoms with van der Waals surface area (Å²) in [6, 6.07) is 7.75. The summed E-state index contributed by atoms with van der Waals surface area (Å²) in [4.78, 5) is 14.1. The Bertz CT molecular complexity index is 534. The maximum atomic E-state index is 12.4. The molecule has 3 rings (SSSR count). The van der Waals surface area contributed by atoms with E-state index in [2.05, 4.69) is 5.32 Å². The lowest BCUT2D eigenvalue weighted by molar-refractivity contribution is 0.113. The molecule has 0 saturated heterocycles. The highest BCUT2D eigenvalue weighted by molar-refractivity contribution is 5.74. The number of hydrogen-bond acceptors (Lipinski definition) is 3. The van der Waals surface area contributed by atoms with Gasteiger partial charge in [0.1, 0.15) is 5.75 Å². The number of hydrogen-bond donors (Lipinski definition) is 2. The van der Waals surface area contributed by atoms with Crippen molar-refractivity contribution in [3.8, 4) is 5.75 Å².